The normalized spacial score (nSPS) is 15.0. The number of nitrogens with zero attached hydrogens (tertiary/aromatic N) is 2. The van der Waals surface area contributed by atoms with Gasteiger partial charge in [0.25, 0.3) is 0 Å². The van der Waals surface area contributed by atoms with E-state index >= 15 is 0 Å². The van der Waals surface area contributed by atoms with Crippen molar-refractivity contribution in [1.82, 2.24) is 9.88 Å². The lowest BCUT2D eigenvalue weighted by Crippen LogP contribution is -2.35. The van der Waals surface area contributed by atoms with Gasteiger partial charge in [-0.3, -0.25) is 4.90 Å². The molecule has 1 saturated heterocycles. The maximum Gasteiger partial charge on any atom is 0.162 e. The summed E-state index contributed by atoms with van der Waals surface area (Å²) in [6.45, 7) is 6.56. The van der Waals surface area contributed by atoms with Crippen molar-refractivity contribution < 1.29 is 14.2 Å². The second-order valence-electron chi connectivity index (χ2n) is 7.09. The van der Waals surface area contributed by atoms with Gasteiger partial charge in [-0.15, -0.1) is 0 Å². The molecule has 2 aromatic carbocycles. The van der Waals surface area contributed by atoms with Crippen molar-refractivity contribution in [3.05, 3.63) is 53.6 Å². The van der Waals surface area contributed by atoms with Gasteiger partial charge in [0.05, 0.1) is 38.6 Å². The third-order valence-corrected chi connectivity index (χ3v) is 5.31. The summed E-state index contributed by atoms with van der Waals surface area (Å²) in [6.07, 6.45) is 0. The molecule has 1 aromatic heterocycles. The second kappa shape index (κ2) is 8.17. The van der Waals surface area contributed by atoms with E-state index in [1.54, 1.807) is 14.2 Å². The van der Waals surface area contributed by atoms with Gasteiger partial charge < -0.3 is 14.2 Å². The molecule has 4 rings (SSSR count). The van der Waals surface area contributed by atoms with Gasteiger partial charge in [0.15, 0.2) is 11.5 Å². The van der Waals surface area contributed by atoms with Crippen molar-refractivity contribution >= 4 is 10.9 Å². The zero-order valence-corrected chi connectivity index (χ0v) is 16.7. The second-order valence-corrected chi connectivity index (χ2v) is 7.09. The molecule has 0 radical (unpaired) electrons. The molecule has 0 bridgehead atoms. The van der Waals surface area contributed by atoms with Crippen LogP contribution in [0.1, 0.15) is 11.1 Å². The van der Waals surface area contributed by atoms with Crippen molar-refractivity contribution in [3.63, 3.8) is 0 Å². The SMILES string of the molecule is COc1cc2nc(-c3ccccc3CN3CCOCC3)cc(C)c2cc1OC. The average Bonchev–Trinajstić information content (AvgIpc) is 2.74. The van der Waals surface area contributed by atoms with E-state index in [1.807, 2.05) is 12.1 Å². The topological polar surface area (TPSA) is 43.8 Å². The van der Waals surface area contributed by atoms with E-state index in [2.05, 4.69) is 42.2 Å². The number of benzene rings is 2. The van der Waals surface area contributed by atoms with Gasteiger partial charge >= 0.3 is 0 Å². The summed E-state index contributed by atoms with van der Waals surface area (Å²) in [7, 11) is 3.31. The van der Waals surface area contributed by atoms with Crippen LogP contribution in [0.4, 0.5) is 0 Å². The molecule has 5 nitrogen and oxygen atoms in total. The molecule has 28 heavy (non-hydrogen) atoms. The van der Waals surface area contributed by atoms with Crippen LogP contribution in [0.25, 0.3) is 22.2 Å². The van der Waals surface area contributed by atoms with E-state index < -0.39 is 0 Å². The Balaban J connectivity index is 1.77. The number of hydrogen-bond acceptors (Lipinski definition) is 5. The van der Waals surface area contributed by atoms with E-state index in [-0.39, 0.29) is 0 Å². The Hall–Kier alpha value is -2.63. The maximum absolute atomic E-state index is 5.48. The minimum absolute atomic E-state index is 0.695. The van der Waals surface area contributed by atoms with E-state index in [1.165, 1.54) is 16.7 Å². The van der Waals surface area contributed by atoms with Gasteiger partial charge in [0, 0.05) is 36.7 Å². The van der Waals surface area contributed by atoms with Crippen molar-refractivity contribution in [3.8, 4) is 22.8 Å². The first-order chi connectivity index (χ1) is 13.7. The first-order valence-corrected chi connectivity index (χ1v) is 9.61. The van der Waals surface area contributed by atoms with Gasteiger partial charge in [0.1, 0.15) is 0 Å². The molecule has 0 atom stereocenters. The fourth-order valence-electron chi connectivity index (χ4n) is 3.77. The molecule has 0 spiro atoms. The van der Waals surface area contributed by atoms with Gasteiger partial charge in [-0.2, -0.15) is 0 Å². The monoisotopic (exact) mass is 378 g/mol. The first-order valence-electron chi connectivity index (χ1n) is 9.61. The van der Waals surface area contributed by atoms with Gasteiger partial charge in [0.2, 0.25) is 0 Å². The van der Waals surface area contributed by atoms with E-state index in [0.29, 0.717) is 5.75 Å². The van der Waals surface area contributed by atoms with E-state index in [9.17, 15) is 0 Å². The Labute approximate surface area is 165 Å². The fourth-order valence-corrected chi connectivity index (χ4v) is 3.77. The zero-order valence-electron chi connectivity index (χ0n) is 16.7. The molecule has 3 aromatic rings. The molecule has 1 fully saturated rings. The molecule has 0 aliphatic carbocycles. The van der Waals surface area contributed by atoms with Crippen molar-refractivity contribution in [2.75, 3.05) is 40.5 Å². The summed E-state index contributed by atoms with van der Waals surface area (Å²) in [5.74, 6) is 1.42. The average molecular weight is 378 g/mol. The Morgan fingerprint density at radius 2 is 1.71 bits per heavy atom. The predicted octanol–water partition coefficient (Wildman–Crippen LogP) is 4.06. The molecule has 0 N–H and O–H groups in total. The predicted molar refractivity (Wildman–Crippen MR) is 111 cm³/mol. The van der Waals surface area contributed by atoms with Gasteiger partial charge in [-0.1, -0.05) is 24.3 Å². The highest BCUT2D eigenvalue weighted by Crippen LogP contribution is 2.35. The number of ether oxygens (including phenoxy) is 3. The quantitative estimate of drug-likeness (QED) is 0.670. The molecular weight excluding hydrogens is 352 g/mol. The number of hydrogen-bond donors (Lipinski definition) is 0. The summed E-state index contributed by atoms with van der Waals surface area (Å²) in [5.41, 5.74) is 5.53. The number of aromatic nitrogens is 1. The standard InChI is InChI=1S/C23H26N2O3/c1-16-12-20(24-21-14-23(27-3)22(26-2)13-19(16)21)18-7-5-4-6-17(18)15-25-8-10-28-11-9-25/h4-7,12-14H,8-11,15H2,1-3H3. The third kappa shape index (κ3) is 3.68. The highest BCUT2D eigenvalue weighted by atomic mass is 16.5. The number of aryl methyl sites for hydroxylation is 1. The Morgan fingerprint density at radius 3 is 2.46 bits per heavy atom. The molecule has 1 aliphatic rings. The summed E-state index contributed by atoms with van der Waals surface area (Å²) < 4.78 is 16.4. The van der Waals surface area contributed by atoms with Gasteiger partial charge in [-0.25, -0.2) is 4.98 Å². The van der Waals surface area contributed by atoms with Crippen LogP contribution in [0, 0.1) is 6.92 Å². The van der Waals surface area contributed by atoms with Crippen LogP contribution in [-0.2, 0) is 11.3 Å². The third-order valence-electron chi connectivity index (χ3n) is 5.31. The lowest BCUT2D eigenvalue weighted by molar-refractivity contribution is 0.0342. The minimum atomic E-state index is 0.695. The van der Waals surface area contributed by atoms with Crippen LogP contribution in [0.3, 0.4) is 0 Å². The lowest BCUT2D eigenvalue weighted by Gasteiger charge is -2.27. The lowest BCUT2D eigenvalue weighted by atomic mass is 10.00. The molecule has 5 heteroatoms. The Kier molecular flexibility index (Phi) is 5.46. The van der Waals surface area contributed by atoms with Crippen LogP contribution < -0.4 is 9.47 Å². The molecular formula is C23H26N2O3. The van der Waals surface area contributed by atoms with Crippen LogP contribution in [0.5, 0.6) is 11.5 Å². The Morgan fingerprint density at radius 1 is 1.00 bits per heavy atom. The van der Waals surface area contributed by atoms with E-state index in [4.69, 9.17) is 19.2 Å². The number of morpholine rings is 1. The highest BCUT2D eigenvalue weighted by molar-refractivity contribution is 5.88. The summed E-state index contributed by atoms with van der Waals surface area (Å²) in [4.78, 5) is 7.40. The van der Waals surface area contributed by atoms with Gasteiger partial charge in [-0.05, 0) is 30.2 Å². The summed E-state index contributed by atoms with van der Waals surface area (Å²) in [5, 5.41) is 1.08. The first kappa shape index (κ1) is 18.7. The smallest absolute Gasteiger partial charge is 0.162 e. The highest BCUT2D eigenvalue weighted by Gasteiger charge is 2.16. The molecule has 0 saturated carbocycles. The molecule has 2 heterocycles. The molecule has 0 amide bonds. The van der Waals surface area contributed by atoms with Crippen molar-refractivity contribution in [2.24, 2.45) is 0 Å². The molecule has 146 valence electrons. The minimum Gasteiger partial charge on any atom is -0.493 e. The number of methoxy groups -OCH3 is 2. The van der Waals surface area contributed by atoms with Crippen LogP contribution in [0.15, 0.2) is 42.5 Å². The zero-order chi connectivity index (χ0) is 19.5. The number of rotatable bonds is 5. The number of fused-ring (bicyclic) bond motifs is 1. The largest absolute Gasteiger partial charge is 0.493 e. The van der Waals surface area contributed by atoms with Crippen molar-refractivity contribution in [2.45, 2.75) is 13.5 Å². The fraction of sp³-hybridized carbons (Fsp3) is 0.348. The van der Waals surface area contributed by atoms with Crippen molar-refractivity contribution in [1.29, 1.82) is 0 Å². The maximum atomic E-state index is 5.48. The molecule has 0 unspecified atom stereocenters. The number of pyridine rings is 1. The summed E-state index contributed by atoms with van der Waals surface area (Å²) >= 11 is 0. The van der Waals surface area contributed by atoms with Crippen LogP contribution in [-0.4, -0.2) is 50.4 Å². The Bertz CT molecular complexity index is 981. The van der Waals surface area contributed by atoms with Crippen LogP contribution in [0.2, 0.25) is 0 Å². The van der Waals surface area contributed by atoms with E-state index in [0.717, 1.165) is 55.2 Å². The summed E-state index contributed by atoms with van der Waals surface area (Å²) in [6, 6.07) is 14.6. The van der Waals surface area contributed by atoms with Crippen LogP contribution >= 0.6 is 0 Å². The molecule has 1 aliphatic heterocycles.